The maximum absolute atomic E-state index is 4.68. The summed E-state index contributed by atoms with van der Waals surface area (Å²) in [7, 11) is 0. The minimum Gasteiger partial charge on any atom is -0.341 e. The molecule has 2 heterocycles. The summed E-state index contributed by atoms with van der Waals surface area (Å²) >= 11 is 0. The zero-order valence-electron chi connectivity index (χ0n) is 14.6. The number of nitrogens with one attached hydrogen (secondary N) is 2. The number of likely N-dealkylation sites (tertiary alicyclic amines) is 1. The SMILES string of the molecule is c1ccc2[nH]c(CN[C@H]3CCCN(CC4CCCCC4)C3)nc2c1. The van der Waals surface area contributed by atoms with Gasteiger partial charge in [-0.2, -0.15) is 0 Å². The lowest BCUT2D eigenvalue weighted by Gasteiger charge is -2.36. The Morgan fingerprint density at radius 3 is 2.83 bits per heavy atom. The van der Waals surface area contributed by atoms with Crippen molar-refractivity contribution in [2.45, 2.75) is 57.5 Å². The Kier molecular flexibility index (Phi) is 5.14. The summed E-state index contributed by atoms with van der Waals surface area (Å²) in [5, 5.41) is 3.73. The number of benzene rings is 1. The van der Waals surface area contributed by atoms with Gasteiger partial charge >= 0.3 is 0 Å². The van der Waals surface area contributed by atoms with Crippen LogP contribution in [0.2, 0.25) is 0 Å². The fourth-order valence-corrected chi connectivity index (χ4v) is 4.45. The molecule has 4 heteroatoms. The van der Waals surface area contributed by atoms with E-state index in [1.54, 1.807) is 0 Å². The molecular weight excluding hydrogens is 296 g/mol. The molecule has 0 unspecified atom stereocenters. The largest absolute Gasteiger partial charge is 0.341 e. The molecule has 4 nitrogen and oxygen atoms in total. The van der Waals surface area contributed by atoms with Crippen molar-refractivity contribution >= 4 is 11.0 Å². The van der Waals surface area contributed by atoms with E-state index in [-0.39, 0.29) is 0 Å². The fourth-order valence-electron chi connectivity index (χ4n) is 4.45. The Morgan fingerprint density at radius 1 is 1.08 bits per heavy atom. The average molecular weight is 326 g/mol. The third-order valence-corrected chi connectivity index (χ3v) is 5.74. The number of nitrogens with zero attached hydrogens (tertiary/aromatic N) is 2. The van der Waals surface area contributed by atoms with Gasteiger partial charge in [-0.3, -0.25) is 0 Å². The first-order chi connectivity index (χ1) is 11.9. The first-order valence-electron chi connectivity index (χ1n) is 9.76. The number of hydrogen-bond acceptors (Lipinski definition) is 3. The highest BCUT2D eigenvalue weighted by Gasteiger charge is 2.23. The molecule has 1 aromatic heterocycles. The van der Waals surface area contributed by atoms with Gasteiger partial charge in [0.2, 0.25) is 0 Å². The Hall–Kier alpha value is -1.39. The van der Waals surface area contributed by atoms with E-state index in [0.717, 1.165) is 29.3 Å². The van der Waals surface area contributed by atoms with Crippen LogP contribution in [-0.4, -0.2) is 40.5 Å². The van der Waals surface area contributed by atoms with Crippen molar-refractivity contribution in [3.8, 4) is 0 Å². The van der Waals surface area contributed by atoms with E-state index in [1.807, 2.05) is 6.07 Å². The first kappa shape index (κ1) is 16.1. The Labute approximate surface area is 145 Å². The number of aromatic amines is 1. The number of hydrogen-bond donors (Lipinski definition) is 2. The van der Waals surface area contributed by atoms with Crippen LogP contribution in [-0.2, 0) is 6.54 Å². The van der Waals surface area contributed by atoms with Crippen LogP contribution in [0.15, 0.2) is 24.3 Å². The topological polar surface area (TPSA) is 44.0 Å². The zero-order chi connectivity index (χ0) is 16.2. The van der Waals surface area contributed by atoms with Crippen molar-refractivity contribution in [1.82, 2.24) is 20.2 Å². The number of aromatic nitrogens is 2. The summed E-state index contributed by atoms with van der Waals surface area (Å²) in [6, 6.07) is 8.88. The molecule has 2 N–H and O–H groups in total. The van der Waals surface area contributed by atoms with E-state index < -0.39 is 0 Å². The Balaban J connectivity index is 1.28. The summed E-state index contributed by atoms with van der Waals surface area (Å²) in [5.41, 5.74) is 2.20. The van der Waals surface area contributed by atoms with Gasteiger partial charge in [0.1, 0.15) is 5.82 Å². The molecule has 1 saturated carbocycles. The van der Waals surface area contributed by atoms with Crippen LogP contribution in [0.25, 0.3) is 11.0 Å². The molecule has 4 rings (SSSR count). The van der Waals surface area contributed by atoms with Gasteiger partial charge in [0.25, 0.3) is 0 Å². The predicted octanol–water partition coefficient (Wildman–Crippen LogP) is 3.70. The summed E-state index contributed by atoms with van der Waals surface area (Å²) < 4.78 is 0. The number of rotatable bonds is 5. The van der Waals surface area contributed by atoms with Gasteiger partial charge in [-0.1, -0.05) is 31.4 Å². The Morgan fingerprint density at radius 2 is 1.96 bits per heavy atom. The van der Waals surface area contributed by atoms with Crippen LogP contribution in [0.5, 0.6) is 0 Å². The van der Waals surface area contributed by atoms with Crippen molar-refractivity contribution in [3.05, 3.63) is 30.1 Å². The molecule has 0 bridgehead atoms. The maximum atomic E-state index is 4.68. The van der Waals surface area contributed by atoms with Crippen LogP contribution in [0.1, 0.15) is 50.8 Å². The summed E-state index contributed by atoms with van der Waals surface area (Å²) in [5.74, 6) is 2.01. The second-order valence-electron chi connectivity index (χ2n) is 7.68. The smallest absolute Gasteiger partial charge is 0.121 e. The molecule has 24 heavy (non-hydrogen) atoms. The van der Waals surface area contributed by atoms with Crippen LogP contribution in [0.3, 0.4) is 0 Å². The van der Waals surface area contributed by atoms with Crippen LogP contribution in [0, 0.1) is 5.92 Å². The van der Waals surface area contributed by atoms with E-state index in [0.29, 0.717) is 6.04 Å². The minimum atomic E-state index is 0.607. The third kappa shape index (κ3) is 3.98. The lowest BCUT2D eigenvalue weighted by molar-refractivity contribution is 0.149. The molecule has 0 spiro atoms. The van der Waals surface area contributed by atoms with Gasteiger partial charge in [0.05, 0.1) is 17.6 Å². The van der Waals surface area contributed by atoms with Gasteiger partial charge in [0, 0.05) is 19.1 Å². The molecule has 2 aliphatic rings. The van der Waals surface area contributed by atoms with E-state index in [4.69, 9.17) is 0 Å². The van der Waals surface area contributed by atoms with Gasteiger partial charge < -0.3 is 15.2 Å². The monoisotopic (exact) mass is 326 g/mol. The molecule has 130 valence electrons. The van der Waals surface area contributed by atoms with E-state index in [2.05, 4.69) is 38.4 Å². The average Bonchev–Trinajstić information content (AvgIpc) is 3.04. The van der Waals surface area contributed by atoms with Crippen LogP contribution in [0.4, 0.5) is 0 Å². The van der Waals surface area contributed by atoms with Crippen molar-refractivity contribution in [3.63, 3.8) is 0 Å². The number of imidazole rings is 1. The van der Waals surface area contributed by atoms with Gasteiger partial charge in [-0.25, -0.2) is 4.98 Å². The third-order valence-electron chi connectivity index (χ3n) is 5.74. The highest BCUT2D eigenvalue weighted by Crippen LogP contribution is 2.25. The number of fused-ring (bicyclic) bond motifs is 1. The first-order valence-corrected chi connectivity index (χ1v) is 9.76. The van der Waals surface area contributed by atoms with E-state index in [1.165, 1.54) is 64.6 Å². The molecule has 1 saturated heterocycles. The molecule has 2 aromatic rings. The molecule has 2 fully saturated rings. The summed E-state index contributed by atoms with van der Waals surface area (Å²) in [6.45, 7) is 4.66. The number of piperidine rings is 1. The normalized spacial score (nSPS) is 23.8. The molecule has 1 atom stereocenters. The fraction of sp³-hybridized carbons (Fsp3) is 0.650. The minimum absolute atomic E-state index is 0.607. The quantitative estimate of drug-likeness (QED) is 0.880. The maximum Gasteiger partial charge on any atom is 0.121 e. The van der Waals surface area contributed by atoms with Gasteiger partial charge in [-0.15, -0.1) is 0 Å². The zero-order valence-corrected chi connectivity index (χ0v) is 14.6. The van der Waals surface area contributed by atoms with Crippen LogP contribution >= 0.6 is 0 Å². The van der Waals surface area contributed by atoms with Gasteiger partial charge in [0.15, 0.2) is 0 Å². The highest BCUT2D eigenvalue weighted by atomic mass is 15.2. The number of H-pyrrole nitrogens is 1. The lowest BCUT2D eigenvalue weighted by atomic mass is 9.88. The summed E-state index contributed by atoms with van der Waals surface area (Å²) in [6.07, 6.45) is 9.88. The number of para-hydroxylation sites is 2. The Bertz CT molecular complexity index is 611. The second kappa shape index (κ2) is 7.66. The van der Waals surface area contributed by atoms with Crippen molar-refractivity contribution in [2.24, 2.45) is 5.92 Å². The molecular formula is C20H30N4. The van der Waals surface area contributed by atoms with Crippen molar-refractivity contribution < 1.29 is 0 Å². The summed E-state index contributed by atoms with van der Waals surface area (Å²) in [4.78, 5) is 10.8. The molecule has 1 aromatic carbocycles. The lowest BCUT2D eigenvalue weighted by Crippen LogP contribution is -2.47. The standard InChI is InChI=1S/C20H30N4/c1-2-7-16(8-3-1)14-24-12-6-9-17(15-24)21-13-20-22-18-10-4-5-11-19(18)23-20/h4-5,10-11,16-17,21H,1-3,6-9,12-15H2,(H,22,23)/t17-/m0/s1. The molecule has 0 radical (unpaired) electrons. The van der Waals surface area contributed by atoms with Gasteiger partial charge in [-0.05, 0) is 50.3 Å². The molecule has 1 aliphatic heterocycles. The highest BCUT2D eigenvalue weighted by molar-refractivity contribution is 5.74. The molecule has 1 aliphatic carbocycles. The molecule has 0 amide bonds. The van der Waals surface area contributed by atoms with Crippen molar-refractivity contribution in [2.75, 3.05) is 19.6 Å². The van der Waals surface area contributed by atoms with E-state index >= 15 is 0 Å². The van der Waals surface area contributed by atoms with Crippen LogP contribution < -0.4 is 5.32 Å². The van der Waals surface area contributed by atoms with Crippen molar-refractivity contribution in [1.29, 1.82) is 0 Å². The second-order valence-corrected chi connectivity index (χ2v) is 7.68. The predicted molar refractivity (Wildman–Crippen MR) is 99.0 cm³/mol. The van der Waals surface area contributed by atoms with E-state index in [9.17, 15) is 0 Å².